The van der Waals surface area contributed by atoms with Crippen molar-refractivity contribution in [2.45, 2.75) is 55.4 Å². The molecule has 1 amide bonds. The third-order valence-electron chi connectivity index (χ3n) is 6.23. The average molecular weight is 550 g/mol. The predicted molar refractivity (Wildman–Crippen MR) is 131 cm³/mol. The van der Waals surface area contributed by atoms with Crippen LogP contribution in [0.2, 0.25) is 0 Å². The smallest absolute Gasteiger partial charge is 0.433 e. The Morgan fingerprint density at radius 3 is 2.50 bits per heavy atom. The molecule has 4 rings (SSSR count). The van der Waals surface area contributed by atoms with Crippen LogP contribution in [-0.2, 0) is 22.6 Å². The van der Waals surface area contributed by atoms with Gasteiger partial charge in [0.1, 0.15) is 23.7 Å². The molecule has 0 aliphatic carbocycles. The van der Waals surface area contributed by atoms with Crippen molar-refractivity contribution in [2.75, 3.05) is 11.4 Å². The molecule has 4 heterocycles. The summed E-state index contributed by atoms with van der Waals surface area (Å²) in [5, 5.41) is -0.394. The molecule has 1 fully saturated rings. The number of nitrogens with zero attached hydrogens (tertiary/aromatic N) is 4. The van der Waals surface area contributed by atoms with Crippen molar-refractivity contribution in [1.29, 1.82) is 0 Å². The Morgan fingerprint density at radius 1 is 1.18 bits per heavy atom. The molecule has 0 aromatic carbocycles. The molecule has 1 aliphatic heterocycles. The molecule has 202 valence electrons. The van der Waals surface area contributed by atoms with Gasteiger partial charge in [-0.25, -0.2) is 18.4 Å². The normalized spacial score (nSPS) is 17.4. The van der Waals surface area contributed by atoms with Crippen molar-refractivity contribution in [3.05, 3.63) is 65.6 Å². The molecule has 3 aromatic rings. The molecule has 38 heavy (non-hydrogen) atoms. The Balaban J connectivity index is 1.64. The van der Waals surface area contributed by atoms with Gasteiger partial charge in [0.05, 0.1) is 4.90 Å². The highest BCUT2D eigenvalue weighted by molar-refractivity contribution is 7.91. The van der Waals surface area contributed by atoms with Gasteiger partial charge < -0.3 is 15.4 Å². The summed E-state index contributed by atoms with van der Waals surface area (Å²) in [6, 6.07) is 7.27. The number of halogens is 3. The molecular weight excluding hydrogens is 523 g/mol. The number of nitrogens with two attached hydrogens (primary N) is 1. The molecule has 1 saturated heterocycles. The number of pyridine rings is 3. The molecule has 13 heteroatoms. The standard InChI is InChI=1S/C25H26F3N5O4S/c1-15-11-24(2,3)33(13-15)23-21(22(29)34)17(9-10-30-23)38(35,36)20-6-4-5-19(32-20)37-14-16-7-8-18(31-12-16)25(26,27)28/h4-10,12,15H,11,13-14H2,1-3H3,(H2,29,34). The first kappa shape index (κ1) is 27.3. The number of hydrogen-bond donors (Lipinski definition) is 1. The third-order valence-corrected chi connectivity index (χ3v) is 7.93. The van der Waals surface area contributed by atoms with E-state index in [4.69, 9.17) is 10.5 Å². The Morgan fingerprint density at radius 2 is 1.92 bits per heavy atom. The highest BCUT2D eigenvalue weighted by atomic mass is 32.2. The van der Waals surface area contributed by atoms with Crippen LogP contribution in [0.3, 0.4) is 0 Å². The van der Waals surface area contributed by atoms with Crippen molar-refractivity contribution in [1.82, 2.24) is 15.0 Å². The van der Waals surface area contributed by atoms with Gasteiger partial charge >= 0.3 is 6.18 Å². The van der Waals surface area contributed by atoms with Crippen LogP contribution in [0, 0.1) is 5.92 Å². The summed E-state index contributed by atoms with van der Waals surface area (Å²) in [6.45, 7) is 6.40. The molecule has 3 aromatic heterocycles. The molecule has 0 bridgehead atoms. The fraction of sp³-hybridized carbons (Fsp3) is 0.360. The Bertz CT molecular complexity index is 1460. The lowest BCUT2D eigenvalue weighted by atomic mass is 9.97. The van der Waals surface area contributed by atoms with E-state index >= 15 is 0 Å². The van der Waals surface area contributed by atoms with Crippen LogP contribution in [0.4, 0.5) is 19.0 Å². The van der Waals surface area contributed by atoms with Gasteiger partial charge in [0, 0.05) is 36.1 Å². The number of ether oxygens (including phenoxy) is 1. The minimum absolute atomic E-state index is 0.0876. The van der Waals surface area contributed by atoms with Gasteiger partial charge in [-0.3, -0.25) is 9.78 Å². The summed E-state index contributed by atoms with van der Waals surface area (Å²) in [4.78, 5) is 25.9. The molecule has 0 radical (unpaired) electrons. The molecule has 2 N–H and O–H groups in total. The van der Waals surface area contributed by atoms with E-state index in [-0.39, 0.29) is 34.3 Å². The van der Waals surface area contributed by atoms with Gasteiger partial charge in [0.15, 0.2) is 5.03 Å². The van der Waals surface area contributed by atoms with E-state index < -0.39 is 32.6 Å². The van der Waals surface area contributed by atoms with Crippen LogP contribution < -0.4 is 15.4 Å². The highest BCUT2D eigenvalue weighted by Gasteiger charge is 2.40. The summed E-state index contributed by atoms with van der Waals surface area (Å²) < 4.78 is 70.9. The van der Waals surface area contributed by atoms with E-state index in [9.17, 15) is 26.4 Å². The fourth-order valence-electron chi connectivity index (χ4n) is 4.63. The van der Waals surface area contributed by atoms with E-state index in [1.807, 2.05) is 18.7 Å². The number of anilines is 1. The fourth-order valence-corrected chi connectivity index (χ4v) is 6.02. The highest BCUT2D eigenvalue weighted by Crippen LogP contribution is 2.39. The molecule has 1 atom stereocenters. The van der Waals surface area contributed by atoms with Crippen molar-refractivity contribution >= 4 is 21.6 Å². The van der Waals surface area contributed by atoms with E-state index in [1.165, 1.54) is 36.5 Å². The number of aromatic nitrogens is 3. The summed E-state index contributed by atoms with van der Waals surface area (Å²) in [5.74, 6) is -0.544. The first-order chi connectivity index (χ1) is 17.7. The van der Waals surface area contributed by atoms with Crippen molar-refractivity contribution in [2.24, 2.45) is 11.7 Å². The van der Waals surface area contributed by atoms with Gasteiger partial charge in [-0.15, -0.1) is 0 Å². The van der Waals surface area contributed by atoms with E-state index in [2.05, 4.69) is 21.9 Å². The minimum atomic E-state index is -4.57. The Labute approximate surface area is 217 Å². The zero-order chi connectivity index (χ0) is 27.9. The van der Waals surface area contributed by atoms with Gasteiger partial charge in [-0.2, -0.15) is 13.2 Å². The quantitative estimate of drug-likeness (QED) is 0.468. The van der Waals surface area contributed by atoms with Gasteiger partial charge in [0.2, 0.25) is 15.7 Å². The molecule has 1 unspecified atom stereocenters. The third kappa shape index (κ3) is 5.42. The number of sulfone groups is 1. The van der Waals surface area contributed by atoms with Crippen LogP contribution in [-0.4, -0.2) is 41.4 Å². The minimum Gasteiger partial charge on any atom is -0.473 e. The number of alkyl halides is 3. The molecule has 9 nitrogen and oxygen atoms in total. The first-order valence-electron chi connectivity index (χ1n) is 11.6. The van der Waals surface area contributed by atoms with E-state index in [1.54, 1.807) is 0 Å². The van der Waals surface area contributed by atoms with E-state index in [0.717, 1.165) is 18.7 Å². The zero-order valence-electron chi connectivity index (χ0n) is 20.9. The number of carbonyl (C=O) groups excluding carboxylic acids is 1. The van der Waals surface area contributed by atoms with Crippen molar-refractivity contribution < 1.29 is 31.1 Å². The number of amides is 1. The first-order valence-corrected chi connectivity index (χ1v) is 13.1. The SMILES string of the molecule is CC1CN(c2nccc(S(=O)(=O)c3cccc(OCc4ccc(C(F)(F)F)nc4)n3)c2C(N)=O)C(C)(C)C1. The topological polar surface area (TPSA) is 128 Å². The molecule has 0 saturated carbocycles. The molecule has 0 spiro atoms. The van der Waals surface area contributed by atoms with Crippen LogP contribution in [0.15, 0.2) is 58.7 Å². The second-order valence-electron chi connectivity index (χ2n) is 9.76. The van der Waals surface area contributed by atoms with Crippen LogP contribution in [0.5, 0.6) is 5.88 Å². The summed E-state index contributed by atoms with van der Waals surface area (Å²) >= 11 is 0. The second kappa shape index (κ2) is 9.86. The second-order valence-corrected chi connectivity index (χ2v) is 11.6. The van der Waals surface area contributed by atoms with Crippen molar-refractivity contribution in [3.63, 3.8) is 0 Å². The maximum atomic E-state index is 13.6. The number of hydrogen-bond acceptors (Lipinski definition) is 8. The van der Waals surface area contributed by atoms with Gasteiger partial charge in [-0.05, 0) is 44.4 Å². The largest absolute Gasteiger partial charge is 0.473 e. The van der Waals surface area contributed by atoms with E-state index in [0.29, 0.717) is 18.0 Å². The van der Waals surface area contributed by atoms with Crippen LogP contribution in [0.25, 0.3) is 0 Å². The average Bonchev–Trinajstić information content (AvgIpc) is 3.13. The van der Waals surface area contributed by atoms with Crippen LogP contribution in [0.1, 0.15) is 48.8 Å². The van der Waals surface area contributed by atoms with Crippen LogP contribution >= 0.6 is 0 Å². The summed E-state index contributed by atoms with van der Waals surface area (Å²) in [6.07, 6.45) is -1.42. The number of rotatable bonds is 7. The maximum absolute atomic E-state index is 13.6. The lowest BCUT2D eigenvalue weighted by Gasteiger charge is -2.33. The Kier molecular flexibility index (Phi) is 7.08. The molecule has 1 aliphatic rings. The summed E-state index contributed by atoms with van der Waals surface area (Å²) in [7, 11) is -4.34. The monoisotopic (exact) mass is 549 g/mol. The predicted octanol–water partition coefficient (Wildman–Crippen LogP) is 4.03. The summed E-state index contributed by atoms with van der Waals surface area (Å²) in [5.41, 5.74) is 4.35. The van der Waals surface area contributed by atoms with Gasteiger partial charge in [-0.1, -0.05) is 19.1 Å². The number of primary amides is 1. The van der Waals surface area contributed by atoms with Gasteiger partial charge in [0.25, 0.3) is 5.91 Å². The number of carbonyl (C=O) groups is 1. The maximum Gasteiger partial charge on any atom is 0.433 e. The Hall–Kier alpha value is -3.74. The zero-order valence-corrected chi connectivity index (χ0v) is 21.7. The van der Waals surface area contributed by atoms with Crippen molar-refractivity contribution in [3.8, 4) is 5.88 Å². The lowest BCUT2D eigenvalue weighted by Crippen LogP contribution is -2.40. The lowest BCUT2D eigenvalue weighted by molar-refractivity contribution is -0.141. The molecular formula is C25H26F3N5O4S.